The zero-order valence-corrected chi connectivity index (χ0v) is 14.4. The Balaban J connectivity index is 1.76. The maximum absolute atomic E-state index is 12.4. The number of nitrogens with zero attached hydrogens (tertiary/aromatic N) is 1. The van der Waals surface area contributed by atoms with E-state index in [1.807, 2.05) is 18.4 Å². The van der Waals surface area contributed by atoms with Crippen LogP contribution in [0.5, 0.6) is 0 Å². The van der Waals surface area contributed by atoms with Crippen LogP contribution in [0, 0.1) is 0 Å². The zero-order chi connectivity index (χ0) is 18.3. The molecule has 25 heavy (non-hydrogen) atoms. The fourth-order valence-electron chi connectivity index (χ4n) is 2.05. The number of halogens is 3. The van der Waals surface area contributed by atoms with Gasteiger partial charge in [-0.3, -0.25) is 4.79 Å². The van der Waals surface area contributed by atoms with Crippen LogP contribution < -0.4 is 10.6 Å². The molecular weight excluding hydrogens is 351 g/mol. The van der Waals surface area contributed by atoms with Gasteiger partial charge in [0.25, 0.3) is 5.91 Å². The number of nitrogens with one attached hydrogen (secondary N) is 2. The second-order valence-electron chi connectivity index (χ2n) is 5.24. The Kier molecular flexibility index (Phi) is 6.69. The van der Waals surface area contributed by atoms with E-state index >= 15 is 0 Å². The molecule has 0 bridgehead atoms. The van der Waals surface area contributed by atoms with Crippen molar-refractivity contribution in [3.05, 3.63) is 59.3 Å². The van der Waals surface area contributed by atoms with E-state index in [1.165, 1.54) is 6.07 Å². The lowest BCUT2D eigenvalue weighted by Crippen LogP contribution is -2.28. The van der Waals surface area contributed by atoms with Gasteiger partial charge in [0.2, 0.25) is 0 Å². The summed E-state index contributed by atoms with van der Waals surface area (Å²) in [5.74, 6) is 1.02. The van der Waals surface area contributed by atoms with Gasteiger partial charge in [-0.2, -0.15) is 24.9 Å². The number of anilines is 1. The molecule has 0 atom stereocenters. The summed E-state index contributed by atoms with van der Waals surface area (Å²) in [6.07, 6.45) is -1.61. The highest BCUT2D eigenvalue weighted by atomic mass is 32.2. The van der Waals surface area contributed by atoms with Crippen molar-refractivity contribution in [3.63, 3.8) is 0 Å². The molecule has 1 aromatic heterocycles. The molecule has 0 aliphatic heterocycles. The van der Waals surface area contributed by atoms with Crippen molar-refractivity contribution in [2.75, 3.05) is 24.7 Å². The van der Waals surface area contributed by atoms with Crippen molar-refractivity contribution in [2.24, 2.45) is 0 Å². The number of pyridine rings is 1. The third-order valence-electron chi connectivity index (χ3n) is 3.33. The summed E-state index contributed by atoms with van der Waals surface area (Å²) in [5.41, 5.74) is 0.924. The highest BCUT2D eigenvalue weighted by Gasteiger charge is 2.30. The SMILES string of the molecule is CSCc1ccc(C(=O)NCCNc2ccc(C(F)(F)F)cn2)cc1. The summed E-state index contributed by atoms with van der Waals surface area (Å²) < 4.78 is 37.3. The van der Waals surface area contributed by atoms with Crippen LogP contribution in [0.15, 0.2) is 42.6 Å². The first kappa shape index (κ1) is 19.1. The Hall–Kier alpha value is -2.22. The number of rotatable bonds is 7. The van der Waals surface area contributed by atoms with Crippen molar-refractivity contribution in [1.29, 1.82) is 0 Å². The van der Waals surface area contributed by atoms with E-state index in [9.17, 15) is 18.0 Å². The summed E-state index contributed by atoms with van der Waals surface area (Å²) in [4.78, 5) is 15.7. The Bertz CT molecular complexity index is 688. The maximum Gasteiger partial charge on any atom is 0.417 e. The molecule has 1 heterocycles. The number of hydrogen-bond acceptors (Lipinski definition) is 4. The van der Waals surface area contributed by atoms with Gasteiger partial charge >= 0.3 is 6.18 Å². The fourth-order valence-corrected chi connectivity index (χ4v) is 2.58. The summed E-state index contributed by atoms with van der Waals surface area (Å²) in [7, 11) is 0. The fraction of sp³-hybridized carbons (Fsp3) is 0.294. The third-order valence-corrected chi connectivity index (χ3v) is 3.96. The van der Waals surface area contributed by atoms with Gasteiger partial charge in [-0.1, -0.05) is 12.1 Å². The van der Waals surface area contributed by atoms with Gasteiger partial charge in [0.05, 0.1) is 5.56 Å². The molecular formula is C17H18F3N3OS. The van der Waals surface area contributed by atoms with Crippen molar-refractivity contribution in [3.8, 4) is 0 Å². The number of benzene rings is 1. The lowest BCUT2D eigenvalue weighted by molar-refractivity contribution is -0.137. The van der Waals surface area contributed by atoms with E-state index in [2.05, 4.69) is 15.6 Å². The largest absolute Gasteiger partial charge is 0.417 e. The third kappa shape index (κ3) is 5.97. The van der Waals surface area contributed by atoms with Crippen molar-refractivity contribution in [1.82, 2.24) is 10.3 Å². The maximum atomic E-state index is 12.4. The van der Waals surface area contributed by atoms with Crippen molar-refractivity contribution in [2.45, 2.75) is 11.9 Å². The molecule has 2 aromatic rings. The van der Waals surface area contributed by atoms with Gasteiger partial charge < -0.3 is 10.6 Å². The van der Waals surface area contributed by atoms with Crippen LogP contribution in [0.25, 0.3) is 0 Å². The number of alkyl halides is 3. The van der Waals surface area contributed by atoms with E-state index in [0.717, 1.165) is 23.6 Å². The molecule has 2 rings (SSSR count). The Morgan fingerprint density at radius 3 is 2.40 bits per heavy atom. The Morgan fingerprint density at radius 1 is 1.12 bits per heavy atom. The standard InChI is InChI=1S/C17H18F3N3OS/c1-25-11-12-2-4-13(5-3-12)16(24)22-9-8-21-15-7-6-14(10-23-15)17(18,19)20/h2-7,10H,8-9,11H2,1H3,(H,21,23)(H,22,24). The zero-order valence-electron chi connectivity index (χ0n) is 13.6. The lowest BCUT2D eigenvalue weighted by Gasteiger charge is -2.09. The number of thioether (sulfide) groups is 1. The van der Waals surface area contributed by atoms with Crippen molar-refractivity contribution < 1.29 is 18.0 Å². The summed E-state index contributed by atoms with van der Waals surface area (Å²) in [5, 5.41) is 5.60. The van der Waals surface area contributed by atoms with Crippen LogP contribution in [0.1, 0.15) is 21.5 Å². The van der Waals surface area contributed by atoms with E-state index in [0.29, 0.717) is 24.5 Å². The minimum atomic E-state index is -4.40. The van der Waals surface area contributed by atoms with E-state index in [1.54, 1.807) is 23.9 Å². The molecule has 0 fully saturated rings. The monoisotopic (exact) mass is 369 g/mol. The minimum Gasteiger partial charge on any atom is -0.368 e. The van der Waals surface area contributed by atoms with Gasteiger partial charge in [-0.05, 0) is 36.1 Å². The van der Waals surface area contributed by atoms with Crippen LogP contribution in [0.3, 0.4) is 0 Å². The summed E-state index contributed by atoms with van der Waals surface area (Å²) >= 11 is 1.71. The molecule has 2 N–H and O–H groups in total. The van der Waals surface area contributed by atoms with Crippen LogP contribution in [-0.2, 0) is 11.9 Å². The second-order valence-corrected chi connectivity index (χ2v) is 6.11. The minimum absolute atomic E-state index is 0.196. The van der Waals surface area contributed by atoms with E-state index < -0.39 is 11.7 Å². The Morgan fingerprint density at radius 2 is 1.84 bits per heavy atom. The van der Waals surface area contributed by atoms with Gasteiger partial charge in [0.1, 0.15) is 5.82 Å². The number of amides is 1. The number of carbonyl (C=O) groups is 1. The predicted molar refractivity (Wildman–Crippen MR) is 93.7 cm³/mol. The van der Waals surface area contributed by atoms with Crippen LogP contribution in [0.2, 0.25) is 0 Å². The first-order valence-corrected chi connectivity index (χ1v) is 8.93. The van der Waals surface area contributed by atoms with Crippen LogP contribution in [-0.4, -0.2) is 30.2 Å². The number of aromatic nitrogens is 1. The molecule has 0 aliphatic carbocycles. The normalized spacial score (nSPS) is 11.2. The number of hydrogen-bond donors (Lipinski definition) is 2. The highest BCUT2D eigenvalue weighted by molar-refractivity contribution is 7.97. The highest BCUT2D eigenvalue weighted by Crippen LogP contribution is 2.28. The molecule has 1 aromatic carbocycles. The number of carbonyl (C=O) groups excluding carboxylic acids is 1. The summed E-state index contributed by atoms with van der Waals surface area (Å²) in [6, 6.07) is 9.59. The first-order valence-electron chi connectivity index (χ1n) is 7.53. The molecule has 1 amide bonds. The molecule has 0 unspecified atom stereocenters. The molecule has 0 aliphatic rings. The van der Waals surface area contributed by atoms with Gasteiger partial charge in [-0.25, -0.2) is 4.98 Å². The predicted octanol–water partition coefficient (Wildman–Crippen LogP) is 3.81. The quantitative estimate of drug-likeness (QED) is 0.729. The van der Waals surface area contributed by atoms with E-state index in [4.69, 9.17) is 0 Å². The molecule has 0 radical (unpaired) electrons. The molecule has 134 valence electrons. The summed E-state index contributed by atoms with van der Waals surface area (Å²) in [6.45, 7) is 0.683. The van der Waals surface area contributed by atoms with Crippen molar-refractivity contribution >= 4 is 23.5 Å². The van der Waals surface area contributed by atoms with Crippen LogP contribution in [0.4, 0.5) is 19.0 Å². The van der Waals surface area contributed by atoms with E-state index in [-0.39, 0.29) is 5.91 Å². The molecule has 0 saturated carbocycles. The lowest BCUT2D eigenvalue weighted by atomic mass is 10.1. The Labute approximate surface area is 148 Å². The smallest absolute Gasteiger partial charge is 0.368 e. The van der Waals surface area contributed by atoms with Gasteiger partial charge in [-0.15, -0.1) is 0 Å². The topological polar surface area (TPSA) is 54.0 Å². The molecule has 4 nitrogen and oxygen atoms in total. The van der Waals surface area contributed by atoms with Crippen LogP contribution >= 0.6 is 11.8 Å². The molecule has 0 spiro atoms. The average Bonchev–Trinajstić information content (AvgIpc) is 2.59. The van der Waals surface area contributed by atoms with Gasteiger partial charge in [0, 0.05) is 30.6 Å². The average molecular weight is 369 g/mol. The molecule has 8 heteroatoms. The first-order chi connectivity index (χ1) is 11.9. The second kappa shape index (κ2) is 8.75. The van der Waals surface area contributed by atoms with Gasteiger partial charge in [0.15, 0.2) is 0 Å². The molecule has 0 saturated heterocycles.